The van der Waals surface area contributed by atoms with Gasteiger partial charge in [-0.1, -0.05) is 23.9 Å². The van der Waals surface area contributed by atoms with Crippen LogP contribution in [0.4, 0.5) is 13.2 Å². The normalized spacial score (nSPS) is 11.5. The van der Waals surface area contributed by atoms with Gasteiger partial charge in [0.25, 0.3) is 0 Å². The van der Waals surface area contributed by atoms with E-state index >= 15 is 0 Å². The van der Waals surface area contributed by atoms with Gasteiger partial charge in [0.2, 0.25) is 0 Å². The fourth-order valence-corrected chi connectivity index (χ4v) is 2.41. The molecule has 2 aromatic rings. The second kappa shape index (κ2) is 6.97. The number of ether oxygens (including phenoxy) is 1. The number of nitrogens with zero attached hydrogens (tertiary/aromatic N) is 2. The molecule has 0 radical (unpaired) electrons. The molecule has 118 valence electrons. The Morgan fingerprint density at radius 3 is 2.59 bits per heavy atom. The van der Waals surface area contributed by atoms with Gasteiger partial charge in [-0.3, -0.25) is 0 Å². The highest BCUT2D eigenvalue weighted by Crippen LogP contribution is 2.34. The third kappa shape index (κ3) is 3.89. The van der Waals surface area contributed by atoms with Gasteiger partial charge in [0, 0.05) is 17.9 Å². The summed E-state index contributed by atoms with van der Waals surface area (Å²) in [5, 5.41) is 0.0428. The monoisotopic (exact) mass is 329 g/mol. The maximum atomic E-state index is 13.0. The Balaban J connectivity index is 2.54. The minimum Gasteiger partial charge on any atom is -0.496 e. The summed E-state index contributed by atoms with van der Waals surface area (Å²) >= 11 is 1.08. The number of methoxy groups -OCH3 is 1. The van der Waals surface area contributed by atoms with Crippen molar-refractivity contribution in [2.24, 2.45) is 5.73 Å². The van der Waals surface area contributed by atoms with Gasteiger partial charge in [-0.15, -0.1) is 0 Å². The first kappa shape index (κ1) is 16.6. The number of nitrogens with two attached hydrogens (primary N) is 1. The Morgan fingerprint density at radius 2 is 1.95 bits per heavy atom. The highest BCUT2D eigenvalue weighted by molar-refractivity contribution is 7.99. The minimum absolute atomic E-state index is 0.0428. The molecule has 0 aliphatic carbocycles. The summed E-state index contributed by atoms with van der Waals surface area (Å²) in [4.78, 5) is 7.73. The van der Waals surface area contributed by atoms with Crippen LogP contribution in [0.15, 0.2) is 35.5 Å². The molecule has 0 amide bonds. The summed E-state index contributed by atoms with van der Waals surface area (Å²) in [6.45, 7) is 0.328. The van der Waals surface area contributed by atoms with Gasteiger partial charge >= 0.3 is 6.18 Å². The van der Waals surface area contributed by atoms with Gasteiger partial charge in [0.05, 0.1) is 12.8 Å². The number of thioether (sulfide) groups is 1. The smallest absolute Gasteiger partial charge is 0.433 e. The number of halogens is 3. The van der Waals surface area contributed by atoms with E-state index in [1.54, 1.807) is 24.3 Å². The van der Waals surface area contributed by atoms with Crippen LogP contribution in [0.5, 0.6) is 5.75 Å². The summed E-state index contributed by atoms with van der Waals surface area (Å²) in [5.41, 5.74) is 5.04. The third-order valence-electron chi connectivity index (χ3n) is 2.73. The maximum absolute atomic E-state index is 13.0. The van der Waals surface area contributed by atoms with Crippen LogP contribution in [0.2, 0.25) is 0 Å². The van der Waals surface area contributed by atoms with E-state index in [1.165, 1.54) is 7.11 Å². The minimum atomic E-state index is -4.54. The number of para-hydroxylation sites is 1. The predicted molar refractivity (Wildman–Crippen MR) is 78.8 cm³/mol. The summed E-state index contributed by atoms with van der Waals surface area (Å²) in [6, 6.07) is 7.68. The van der Waals surface area contributed by atoms with Crippen LogP contribution in [0.1, 0.15) is 5.69 Å². The first-order valence-electron chi connectivity index (χ1n) is 6.38. The fourth-order valence-electron chi connectivity index (χ4n) is 1.78. The Labute approximate surface area is 129 Å². The van der Waals surface area contributed by atoms with Crippen molar-refractivity contribution >= 4 is 11.8 Å². The first-order chi connectivity index (χ1) is 10.5. The first-order valence-corrected chi connectivity index (χ1v) is 7.37. The molecule has 0 saturated carbocycles. The molecule has 0 fully saturated rings. The number of aromatic nitrogens is 2. The van der Waals surface area contributed by atoms with Crippen LogP contribution in [0.3, 0.4) is 0 Å². The molecule has 1 aromatic heterocycles. The Morgan fingerprint density at radius 1 is 1.23 bits per heavy atom. The van der Waals surface area contributed by atoms with Gasteiger partial charge in [0.15, 0.2) is 5.16 Å². The molecule has 4 nitrogen and oxygen atoms in total. The number of benzene rings is 1. The van der Waals surface area contributed by atoms with E-state index in [1.807, 2.05) is 0 Å². The maximum Gasteiger partial charge on any atom is 0.433 e. The van der Waals surface area contributed by atoms with E-state index in [0.29, 0.717) is 23.6 Å². The van der Waals surface area contributed by atoms with Gasteiger partial charge in [-0.05, 0) is 18.2 Å². The predicted octanol–water partition coefficient (Wildman–Crippen LogP) is 3.22. The van der Waals surface area contributed by atoms with Crippen molar-refractivity contribution in [3.63, 3.8) is 0 Å². The second-order valence-electron chi connectivity index (χ2n) is 4.26. The zero-order valence-electron chi connectivity index (χ0n) is 11.7. The molecule has 0 spiro atoms. The average Bonchev–Trinajstić information content (AvgIpc) is 2.51. The molecule has 0 bridgehead atoms. The topological polar surface area (TPSA) is 61.0 Å². The van der Waals surface area contributed by atoms with Crippen molar-refractivity contribution in [1.82, 2.24) is 9.97 Å². The lowest BCUT2D eigenvalue weighted by atomic mass is 10.1. The molecule has 0 atom stereocenters. The quantitative estimate of drug-likeness (QED) is 0.674. The lowest BCUT2D eigenvalue weighted by Crippen LogP contribution is -2.11. The largest absolute Gasteiger partial charge is 0.496 e. The average molecular weight is 329 g/mol. The molecule has 22 heavy (non-hydrogen) atoms. The zero-order chi connectivity index (χ0) is 16.2. The molecular weight excluding hydrogens is 315 g/mol. The lowest BCUT2D eigenvalue weighted by molar-refractivity contribution is -0.141. The number of hydrogen-bond donors (Lipinski definition) is 1. The molecule has 1 aromatic carbocycles. The van der Waals surface area contributed by atoms with Crippen LogP contribution in [0, 0.1) is 0 Å². The summed E-state index contributed by atoms with van der Waals surface area (Å²) in [5.74, 6) is 0.885. The van der Waals surface area contributed by atoms with E-state index < -0.39 is 11.9 Å². The summed E-state index contributed by atoms with van der Waals surface area (Å²) in [6.07, 6.45) is -4.54. The standard InChI is InChI=1S/C14H14F3N3OS/c1-21-11-5-3-2-4-9(11)10-8-12(14(15,16)17)20-13(19-10)22-7-6-18/h2-5,8H,6-7,18H2,1H3. The SMILES string of the molecule is COc1ccccc1-c1cc(C(F)(F)F)nc(SCCN)n1. The molecule has 8 heteroatoms. The van der Waals surface area contributed by atoms with Crippen molar-refractivity contribution in [1.29, 1.82) is 0 Å². The molecule has 2 rings (SSSR count). The highest BCUT2D eigenvalue weighted by Gasteiger charge is 2.34. The van der Waals surface area contributed by atoms with Crippen LogP contribution < -0.4 is 10.5 Å². The Hall–Kier alpha value is -1.80. The van der Waals surface area contributed by atoms with Crippen LogP contribution >= 0.6 is 11.8 Å². The van der Waals surface area contributed by atoms with Crippen molar-refractivity contribution in [3.8, 4) is 17.0 Å². The molecule has 2 N–H and O–H groups in total. The molecule has 1 heterocycles. The van der Waals surface area contributed by atoms with E-state index in [4.69, 9.17) is 10.5 Å². The molecule has 0 aliphatic rings. The van der Waals surface area contributed by atoms with Crippen LogP contribution in [-0.2, 0) is 6.18 Å². The van der Waals surface area contributed by atoms with Crippen molar-refractivity contribution in [2.75, 3.05) is 19.4 Å². The Kier molecular flexibility index (Phi) is 5.25. The van der Waals surface area contributed by atoms with E-state index in [-0.39, 0.29) is 10.9 Å². The fraction of sp³-hybridized carbons (Fsp3) is 0.286. The molecule has 0 unspecified atom stereocenters. The second-order valence-corrected chi connectivity index (χ2v) is 5.32. The van der Waals surface area contributed by atoms with E-state index in [9.17, 15) is 13.2 Å². The summed E-state index contributed by atoms with van der Waals surface area (Å²) < 4.78 is 44.2. The Bertz CT molecular complexity index is 649. The van der Waals surface area contributed by atoms with Crippen LogP contribution in [-0.4, -0.2) is 29.4 Å². The third-order valence-corrected chi connectivity index (χ3v) is 3.61. The molecular formula is C14H14F3N3OS. The summed E-state index contributed by atoms with van der Waals surface area (Å²) in [7, 11) is 1.45. The number of hydrogen-bond acceptors (Lipinski definition) is 5. The van der Waals surface area contributed by atoms with Crippen LogP contribution in [0.25, 0.3) is 11.3 Å². The van der Waals surface area contributed by atoms with E-state index in [2.05, 4.69) is 9.97 Å². The lowest BCUT2D eigenvalue weighted by Gasteiger charge is -2.12. The number of rotatable bonds is 5. The van der Waals surface area contributed by atoms with Gasteiger partial charge in [-0.2, -0.15) is 13.2 Å². The number of alkyl halides is 3. The van der Waals surface area contributed by atoms with E-state index in [0.717, 1.165) is 17.8 Å². The van der Waals surface area contributed by atoms with Crippen molar-refractivity contribution < 1.29 is 17.9 Å². The van der Waals surface area contributed by atoms with Gasteiger partial charge < -0.3 is 10.5 Å². The zero-order valence-corrected chi connectivity index (χ0v) is 12.5. The molecule has 0 saturated heterocycles. The van der Waals surface area contributed by atoms with Crippen molar-refractivity contribution in [2.45, 2.75) is 11.3 Å². The van der Waals surface area contributed by atoms with Gasteiger partial charge in [0.1, 0.15) is 11.4 Å². The van der Waals surface area contributed by atoms with Gasteiger partial charge in [-0.25, -0.2) is 9.97 Å². The molecule has 0 aliphatic heterocycles. The van der Waals surface area contributed by atoms with Crippen molar-refractivity contribution in [3.05, 3.63) is 36.0 Å². The highest BCUT2D eigenvalue weighted by atomic mass is 32.2.